The van der Waals surface area contributed by atoms with Crippen LogP contribution in [0.2, 0.25) is 0 Å². The van der Waals surface area contributed by atoms with Gasteiger partial charge in [0, 0.05) is 43.2 Å². The van der Waals surface area contributed by atoms with Crippen LogP contribution in [0.15, 0.2) is 35.3 Å². The molecule has 0 unspecified atom stereocenters. The van der Waals surface area contributed by atoms with Gasteiger partial charge in [0.25, 0.3) is 11.5 Å². The first-order chi connectivity index (χ1) is 17.8. The predicted octanol–water partition coefficient (Wildman–Crippen LogP) is 3.98. The second-order valence-corrected chi connectivity index (χ2v) is 10.1. The molecule has 9 nitrogen and oxygen atoms in total. The zero-order chi connectivity index (χ0) is 25.8. The number of rotatable bonds is 3. The van der Waals surface area contributed by atoms with Crippen molar-refractivity contribution in [2.75, 3.05) is 37.7 Å². The minimum Gasteiger partial charge on any atom is -0.379 e. The second-order valence-electron chi connectivity index (χ2n) is 10.1. The van der Waals surface area contributed by atoms with E-state index in [0.29, 0.717) is 55.0 Å². The average molecular weight is 521 g/mol. The van der Waals surface area contributed by atoms with E-state index in [4.69, 9.17) is 4.74 Å². The first-order valence-corrected chi connectivity index (χ1v) is 12.6. The number of hydrogen-bond acceptors (Lipinski definition) is 6. The topological polar surface area (TPSA) is 96.3 Å². The summed E-state index contributed by atoms with van der Waals surface area (Å²) in [6.45, 7) is 8.45. The number of aromatic nitrogens is 4. The lowest BCUT2D eigenvalue weighted by Crippen LogP contribution is -2.54. The minimum absolute atomic E-state index is 0. The number of fused-ring (bicyclic) bond motifs is 3. The van der Waals surface area contributed by atoms with Gasteiger partial charge in [-0.3, -0.25) is 14.3 Å². The van der Waals surface area contributed by atoms with E-state index < -0.39 is 0 Å². The monoisotopic (exact) mass is 520 g/mol. The van der Waals surface area contributed by atoms with Crippen LogP contribution in [0.25, 0.3) is 21.8 Å². The first kappa shape index (κ1) is 25.8. The summed E-state index contributed by atoms with van der Waals surface area (Å²) in [6.07, 6.45) is 2.42. The van der Waals surface area contributed by atoms with E-state index in [1.165, 1.54) is 6.07 Å². The lowest BCUT2D eigenvalue weighted by Gasteiger charge is -2.40. The molecule has 1 amide bonds. The van der Waals surface area contributed by atoms with Crippen LogP contribution < -0.4 is 10.5 Å². The van der Waals surface area contributed by atoms with Crippen LogP contribution in [-0.2, 0) is 4.74 Å². The number of carbonyl (C=O) groups is 1. The fraction of sp³-hybridized carbons (Fsp3) is 0.429. The summed E-state index contributed by atoms with van der Waals surface area (Å²) >= 11 is 0. The van der Waals surface area contributed by atoms with Gasteiger partial charge < -0.3 is 19.5 Å². The van der Waals surface area contributed by atoms with Gasteiger partial charge in [0.15, 0.2) is 0 Å². The average Bonchev–Trinajstić information content (AvgIpc) is 3.56. The van der Waals surface area contributed by atoms with E-state index in [1.54, 1.807) is 19.2 Å². The molecule has 0 spiro atoms. The Hall–Kier alpha value is -3.79. The molecular formula is C28H33FN6O3. The molecule has 2 aliphatic rings. The Morgan fingerprint density at radius 1 is 1.18 bits per heavy atom. The maximum absolute atomic E-state index is 13.8. The highest BCUT2D eigenvalue weighted by atomic mass is 19.1. The summed E-state index contributed by atoms with van der Waals surface area (Å²) in [5.41, 5.74) is 2.99. The number of aromatic amines is 1. The quantitative estimate of drug-likeness (QED) is 0.439. The van der Waals surface area contributed by atoms with Crippen LogP contribution >= 0.6 is 0 Å². The Morgan fingerprint density at radius 3 is 2.71 bits per heavy atom. The number of nitrogens with one attached hydrogen (secondary N) is 1. The highest BCUT2D eigenvalue weighted by molar-refractivity contribution is 6.07. The highest BCUT2D eigenvalue weighted by Crippen LogP contribution is 2.30. The van der Waals surface area contributed by atoms with Gasteiger partial charge in [-0.1, -0.05) is 7.43 Å². The number of pyridine rings is 2. The Labute approximate surface area is 220 Å². The third-order valence-corrected chi connectivity index (χ3v) is 7.61. The fourth-order valence-corrected chi connectivity index (χ4v) is 5.56. The van der Waals surface area contributed by atoms with Crippen molar-refractivity contribution in [3.05, 3.63) is 63.5 Å². The van der Waals surface area contributed by atoms with Gasteiger partial charge >= 0.3 is 0 Å². The normalized spacial score (nSPS) is 19.8. The summed E-state index contributed by atoms with van der Waals surface area (Å²) < 4.78 is 21.2. The molecule has 2 atom stereocenters. The molecule has 2 aliphatic heterocycles. The van der Waals surface area contributed by atoms with Crippen molar-refractivity contribution in [2.24, 2.45) is 0 Å². The number of piperazine rings is 1. The number of H-pyrrole nitrogens is 1. The van der Waals surface area contributed by atoms with E-state index in [0.717, 1.165) is 28.7 Å². The zero-order valence-corrected chi connectivity index (χ0v) is 21.1. The minimum atomic E-state index is -0.325. The number of ether oxygens (including phenoxy) is 1. The van der Waals surface area contributed by atoms with Gasteiger partial charge in [-0.25, -0.2) is 9.37 Å². The number of hydrogen-bond donors (Lipinski definition) is 1. The van der Waals surface area contributed by atoms with E-state index in [2.05, 4.69) is 20.0 Å². The molecule has 38 heavy (non-hydrogen) atoms. The molecule has 5 heterocycles. The smallest absolute Gasteiger partial charge is 0.259 e. The number of nitrogens with zero attached hydrogens (tertiary/aromatic N) is 5. The Bertz CT molecular complexity index is 1590. The van der Waals surface area contributed by atoms with E-state index in [1.807, 2.05) is 35.6 Å². The van der Waals surface area contributed by atoms with Crippen molar-refractivity contribution < 1.29 is 13.9 Å². The fourth-order valence-electron chi connectivity index (χ4n) is 5.56. The predicted molar refractivity (Wildman–Crippen MR) is 145 cm³/mol. The summed E-state index contributed by atoms with van der Waals surface area (Å²) in [7, 11) is 0. The number of halogens is 1. The Morgan fingerprint density at radius 2 is 2.00 bits per heavy atom. The van der Waals surface area contributed by atoms with Crippen LogP contribution in [0.1, 0.15) is 48.4 Å². The molecule has 6 rings (SSSR count). The van der Waals surface area contributed by atoms with Crippen molar-refractivity contribution >= 4 is 33.5 Å². The van der Waals surface area contributed by atoms with Gasteiger partial charge in [-0.15, -0.1) is 0 Å². The van der Waals surface area contributed by atoms with Gasteiger partial charge in [-0.05, 0) is 57.0 Å². The van der Waals surface area contributed by atoms with Crippen molar-refractivity contribution in [1.29, 1.82) is 0 Å². The molecule has 0 radical (unpaired) electrons. The number of aryl methyl sites for hydroxylation is 2. The summed E-state index contributed by atoms with van der Waals surface area (Å²) in [4.78, 5) is 37.9. The maximum atomic E-state index is 13.8. The molecule has 0 aliphatic carbocycles. The van der Waals surface area contributed by atoms with Crippen molar-refractivity contribution in [2.45, 2.75) is 46.7 Å². The van der Waals surface area contributed by atoms with E-state index >= 15 is 0 Å². The van der Waals surface area contributed by atoms with Crippen molar-refractivity contribution in [3.63, 3.8) is 0 Å². The first-order valence-electron chi connectivity index (χ1n) is 12.6. The number of carbonyl (C=O) groups excluding carboxylic acids is 1. The van der Waals surface area contributed by atoms with Crippen LogP contribution in [-0.4, -0.2) is 69.4 Å². The molecule has 1 N–H and O–H groups in total. The Balaban J connectivity index is 0.00000294. The summed E-state index contributed by atoms with van der Waals surface area (Å²) in [5, 5.41) is 5.82. The largest absolute Gasteiger partial charge is 0.379 e. The Kier molecular flexibility index (Phi) is 6.68. The molecule has 2 fully saturated rings. The van der Waals surface area contributed by atoms with Gasteiger partial charge in [0.2, 0.25) is 0 Å². The molecule has 200 valence electrons. The standard InChI is InChI=1S/C27H29FN6O3.CH4/c1-15-10-23-20(25-21(26(35)31-23)12-29-34(25)18-6-9-37-14-18)11-19(15)27(36)32-7-8-33(16(2)13-32)24-5-4-22(28)17(3)30-24;/h4-5,10-12,16,18H,6-9,13-14H2,1-3H3,(H,31,35);1H4/t16-,18-;/m0./s1. The SMILES string of the molecule is C.Cc1cc2[nH]c(=O)c3cnn([C@H]4CCOC4)c3c2cc1C(=O)N1CCN(c2ccc(F)c(C)n2)[C@@H](C)C1. The molecule has 2 saturated heterocycles. The third-order valence-electron chi connectivity index (χ3n) is 7.61. The zero-order valence-electron chi connectivity index (χ0n) is 21.1. The third kappa shape index (κ3) is 4.22. The molecule has 10 heteroatoms. The second kappa shape index (κ2) is 9.83. The molecule has 4 aromatic rings. The van der Waals surface area contributed by atoms with Crippen molar-refractivity contribution in [3.8, 4) is 0 Å². The lowest BCUT2D eigenvalue weighted by molar-refractivity contribution is 0.0725. The van der Waals surface area contributed by atoms with Crippen LogP contribution in [0.3, 0.4) is 0 Å². The summed E-state index contributed by atoms with van der Waals surface area (Å²) in [6, 6.07) is 6.96. The molecule has 3 aromatic heterocycles. The van der Waals surface area contributed by atoms with Gasteiger partial charge in [0.1, 0.15) is 11.6 Å². The maximum Gasteiger partial charge on any atom is 0.259 e. The molecule has 1 aromatic carbocycles. The van der Waals surface area contributed by atoms with Gasteiger partial charge in [0.05, 0.1) is 41.0 Å². The number of benzene rings is 1. The lowest BCUT2D eigenvalue weighted by atomic mass is 10.0. The van der Waals surface area contributed by atoms with Crippen LogP contribution in [0.4, 0.5) is 10.2 Å². The van der Waals surface area contributed by atoms with E-state index in [-0.39, 0.29) is 36.8 Å². The highest BCUT2D eigenvalue weighted by Gasteiger charge is 2.30. The van der Waals surface area contributed by atoms with Crippen LogP contribution in [0, 0.1) is 19.7 Å². The number of anilines is 1. The number of amides is 1. The van der Waals surface area contributed by atoms with Crippen LogP contribution in [0.5, 0.6) is 0 Å². The molecular weight excluding hydrogens is 487 g/mol. The van der Waals surface area contributed by atoms with Gasteiger partial charge in [-0.2, -0.15) is 5.10 Å². The molecule has 0 saturated carbocycles. The molecule has 0 bridgehead atoms. The van der Waals surface area contributed by atoms with E-state index in [9.17, 15) is 14.0 Å². The van der Waals surface area contributed by atoms with Crippen molar-refractivity contribution in [1.82, 2.24) is 24.6 Å². The summed E-state index contributed by atoms with van der Waals surface area (Å²) in [5.74, 6) is 0.342.